The van der Waals surface area contributed by atoms with Crippen molar-refractivity contribution in [3.05, 3.63) is 11.8 Å². The number of aliphatic hydroxyl groups is 2. The summed E-state index contributed by atoms with van der Waals surface area (Å²) in [5.41, 5.74) is 1.18. The van der Waals surface area contributed by atoms with Crippen LogP contribution in [-0.4, -0.2) is 47.4 Å². The largest absolute Gasteiger partial charge is 0.395 e. The number of amides is 2. The highest BCUT2D eigenvalue weighted by Crippen LogP contribution is 2.35. The Hall–Kier alpha value is -1.07. The van der Waals surface area contributed by atoms with Crippen molar-refractivity contribution in [1.82, 2.24) is 10.2 Å². The van der Waals surface area contributed by atoms with Crippen LogP contribution in [0.25, 0.3) is 0 Å². The molecule has 0 bridgehead atoms. The minimum absolute atomic E-state index is 0.0985. The van der Waals surface area contributed by atoms with E-state index in [1.165, 1.54) is 23.3 Å². The van der Waals surface area contributed by atoms with Gasteiger partial charge in [-0.25, -0.2) is 4.79 Å². The molecule has 0 aliphatic heterocycles. The smallest absolute Gasteiger partial charge is 0.321 e. The molecule has 1 rings (SSSR count). The van der Waals surface area contributed by atoms with Crippen molar-refractivity contribution in [3.8, 4) is 0 Å². The van der Waals surface area contributed by atoms with Gasteiger partial charge in [0.25, 0.3) is 0 Å². The van der Waals surface area contributed by atoms with Crippen LogP contribution in [-0.2, 0) is 0 Å². The summed E-state index contributed by atoms with van der Waals surface area (Å²) in [7, 11) is 0. The highest BCUT2D eigenvalue weighted by molar-refractivity contribution is 5.75. The van der Waals surface area contributed by atoms with Crippen LogP contribution in [0.5, 0.6) is 0 Å². The number of aliphatic hydroxyl groups excluding tert-OH is 2. The molecule has 2 amide bonds. The van der Waals surface area contributed by atoms with Crippen LogP contribution in [0.15, 0.2) is 11.8 Å². The topological polar surface area (TPSA) is 72.8 Å². The zero-order chi connectivity index (χ0) is 12.0. The Labute approximate surface area is 95.8 Å². The van der Waals surface area contributed by atoms with Gasteiger partial charge in [0.05, 0.1) is 13.2 Å². The van der Waals surface area contributed by atoms with Gasteiger partial charge in [-0.05, 0) is 25.7 Å². The number of allylic oxidation sites excluding steroid dienone is 1. The number of carbonyl (C=O) groups is 1. The summed E-state index contributed by atoms with van der Waals surface area (Å²) < 4.78 is 0. The predicted molar refractivity (Wildman–Crippen MR) is 60.8 cm³/mol. The number of hydrogen-bond acceptors (Lipinski definition) is 3. The van der Waals surface area contributed by atoms with Crippen LogP contribution < -0.4 is 5.32 Å². The normalized spacial score (nSPS) is 16.1. The van der Waals surface area contributed by atoms with Crippen molar-refractivity contribution in [2.24, 2.45) is 5.92 Å². The van der Waals surface area contributed by atoms with Crippen LogP contribution in [0.2, 0.25) is 0 Å². The Kier molecular flexibility index (Phi) is 5.28. The third-order valence-electron chi connectivity index (χ3n) is 2.67. The Morgan fingerprint density at radius 1 is 1.38 bits per heavy atom. The lowest BCUT2D eigenvalue weighted by atomic mass is 10.2. The van der Waals surface area contributed by atoms with E-state index in [0.717, 1.165) is 0 Å². The molecule has 1 fully saturated rings. The average molecular weight is 228 g/mol. The quantitative estimate of drug-likeness (QED) is 0.612. The second-order valence-corrected chi connectivity index (χ2v) is 4.05. The lowest BCUT2D eigenvalue weighted by molar-refractivity contribution is 0.161. The molecular formula is C11H20N2O3. The molecule has 0 unspecified atom stereocenters. The van der Waals surface area contributed by atoms with Crippen molar-refractivity contribution in [2.45, 2.75) is 19.8 Å². The van der Waals surface area contributed by atoms with E-state index >= 15 is 0 Å². The van der Waals surface area contributed by atoms with Crippen molar-refractivity contribution < 1.29 is 15.0 Å². The number of carbonyl (C=O) groups excluding carboxylic acids is 1. The van der Waals surface area contributed by atoms with Gasteiger partial charge in [-0.3, -0.25) is 0 Å². The molecule has 0 saturated heterocycles. The summed E-state index contributed by atoms with van der Waals surface area (Å²) in [5.74, 6) is 0.629. The van der Waals surface area contributed by atoms with Crippen molar-refractivity contribution in [2.75, 3.05) is 26.3 Å². The van der Waals surface area contributed by atoms with Gasteiger partial charge in [-0.15, -0.1) is 0 Å². The number of urea groups is 1. The van der Waals surface area contributed by atoms with E-state index in [-0.39, 0.29) is 32.3 Å². The Morgan fingerprint density at radius 3 is 2.38 bits per heavy atom. The summed E-state index contributed by atoms with van der Waals surface area (Å²) in [6.07, 6.45) is 4.13. The number of rotatable bonds is 6. The van der Waals surface area contributed by atoms with Gasteiger partial charge < -0.3 is 20.4 Å². The Balaban J connectivity index is 2.37. The van der Waals surface area contributed by atoms with Crippen molar-refractivity contribution in [1.29, 1.82) is 0 Å². The zero-order valence-electron chi connectivity index (χ0n) is 9.65. The van der Waals surface area contributed by atoms with Crippen LogP contribution in [0.3, 0.4) is 0 Å². The Morgan fingerprint density at radius 2 is 1.94 bits per heavy atom. The van der Waals surface area contributed by atoms with Gasteiger partial charge in [0.15, 0.2) is 0 Å². The summed E-state index contributed by atoms with van der Waals surface area (Å²) in [4.78, 5) is 13.0. The van der Waals surface area contributed by atoms with Gasteiger partial charge in [0.2, 0.25) is 0 Å². The van der Waals surface area contributed by atoms with Crippen LogP contribution in [0.4, 0.5) is 4.79 Å². The number of nitrogens with one attached hydrogen (secondary N) is 1. The summed E-state index contributed by atoms with van der Waals surface area (Å²) in [6, 6.07) is -0.275. The van der Waals surface area contributed by atoms with Crippen LogP contribution in [0, 0.1) is 5.92 Å². The lowest BCUT2D eigenvalue weighted by Gasteiger charge is -2.20. The summed E-state index contributed by atoms with van der Waals surface area (Å²) in [5, 5.41) is 20.2. The van der Waals surface area contributed by atoms with E-state index < -0.39 is 0 Å². The molecule has 5 heteroatoms. The maximum atomic E-state index is 11.6. The third-order valence-corrected chi connectivity index (χ3v) is 2.67. The fraction of sp³-hybridized carbons (Fsp3) is 0.727. The fourth-order valence-electron chi connectivity index (χ4n) is 1.48. The molecule has 0 heterocycles. The van der Waals surface area contributed by atoms with E-state index in [1.807, 2.05) is 6.92 Å². The van der Waals surface area contributed by atoms with Crippen molar-refractivity contribution >= 4 is 6.03 Å². The SMILES string of the molecule is C/C(=C\NC(=O)N(CCO)CCO)C1CC1. The Bertz CT molecular complexity index is 256. The molecule has 92 valence electrons. The molecule has 1 aliphatic carbocycles. The fourth-order valence-corrected chi connectivity index (χ4v) is 1.48. The minimum atomic E-state index is -0.275. The highest BCUT2D eigenvalue weighted by atomic mass is 16.3. The molecule has 3 N–H and O–H groups in total. The first-order valence-electron chi connectivity index (χ1n) is 5.63. The molecule has 16 heavy (non-hydrogen) atoms. The van der Waals surface area contributed by atoms with Crippen molar-refractivity contribution in [3.63, 3.8) is 0 Å². The molecule has 0 radical (unpaired) electrons. The van der Waals surface area contributed by atoms with E-state index in [1.54, 1.807) is 6.20 Å². The molecule has 0 aromatic carbocycles. The van der Waals surface area contributed by atoms with E-state index in [0.29, 0.717) is 5.92 Å². The van der Waals surface area contributed by atoms with E-state index in [4.69, 9.17) is 10.2 Å². The van der Waals surface area contributed by atoms with Gasteiger partial charge in [-0.1, -0.05) is 5.57 Å². The first-order valence-corrected chi connectivity index (χ1v) is 5.63. The number of nitrogens with zero attached hydrogens (tertiary/aromatic N) is 1. The van der Waals surface area contributed by atoms with Crippen LogP contribution in [0.1, 0.15) is 19.8 Å². The zero-order valence-corrected chi connectivity index (χ0v) is 9.65. The average Bonchev–Trinajstić information content (AvgIpc) is 3.09. The number of hydrogen-bond donors (Lipinski definition) is 3. The highest BCUT2D eigenvalue weighted by Gasteiger charge is 2.23. The monoisotopic (exact) mass is 228 g/mol. The molecule has 0 aromatic rings. The maximum absolute atomic E-state index is 11.6. The first-order chi connectivity index (χ1) is 7.69. The minimum Gasteiger partial charge on any atom is -0.395 e. The third kappa shape index (κ3) is 4.20. The van der Waals surface area contributed by atoms with Gasteiger partial charge in [-0.2, -0.15) is 0 Å². The van der Waals surface area contributed by atoms with Gasteiger partial charge in [0.1, 0.15) is 0 Å². The second-order valence-electron chi connectivity index (χ2n) is 4.05. The van der Waals surface area contributed by atoms with Gasteiger partial charge >= 0.3 is 6.03 Å². The molecule has 0 atom stereocenters. The first kappa shape index (κ1) is 13.0. The maximum Gasteiger partial charge on any atom is 0.321 e. The molecule has 5 nitrogen and oxygen atoms in total. The summed E-state index contributed by atoms with van der Waals surface area (Å²) >= 11 is 0. The van der Waals surface area contributed by atoms with Gasteiger partial charge in [0, 0.05) is 19.3 Å². The van der Waals surface area contributed by atoms with E-state index in [2.05, 4.69) is 5.32 Å². The predicted octanol–water partition coefficient (Wildman–Crippen LogP) is 0.296. The molecule has 1 saturated carbocycles. The lowest BCUT2D eigenvalue weighted by Crippen LogP contribution is -2.41. The standard InChI is InChI=1S/C11H20N2O3/c1-9(10-2-3-10)8-12-11(16)13(4-6-14)5-7-15/h8,10,14-15H,2-7H2,1H3,(H,12,16)/b9-8+. The van der Waals surface area contributed by atoms with E-state index in [9.17, 15) is 4.79 Å². The summed E-state index contributed by atoms with van der Waals surface area (Å²) in [6.45, 7) is 2.28. The second kappa shape index (κ2) is 6.50. The molecular weight excluding hydrogens is 208 g/mol. The molecule has 0 spiro atoms. The van der Waals surface area contributed by atoms with Crippen LogP contribution >= 0.6 is 0 Å². The molecule has 0 aromatic heterocycles. The molecule has 1 aliphatic rings.